The van der Waals surface area contributed by atoms with E-state index >= 15 is 0 Å². The van der Waals surface area contributed by atoms with Crippen LogP contribution >= 0.6 is 27.3 Å². The normalized spacial score (nSPS) is 10.8. The first-order valence-corrected chi connectivity index (χ1v) is 7.99. The van der Waals surface area contributed by atoms with E-state index in [4.69, 9.17) is 0 Å². The summed E-state index contributed by atoms with van der Waals surface area (Å²) in [5.41, 5.74) is 1.94. The first kappa shape index (κ1) is 15.2. The second-order valence-corrected chi connectivity index (χ2v) is 6.65. The summed E-state index contributed by atoms with van der Waals surface area (Å²) in [6.45, 7) is 3.18. The predicted molar refractivity (Wildman–Crippen MR) is 88.2 cm³/mol. The number of nitrogens with one attached hydrogen (secondary N) is 1. The molecule has 0 atom stereocenters. The maximum Gasteiger partial charge on any atom is 0.238 e. The van der Waals surface area contributed by atoms with Crippen molar-refractivity contribution in [3.63, 3.8) is 0 Å². The van der Waals surface area contributed by atoms with Crippen molar-refractivity contribution in [1.82, 2.24) is 4.90 Å². The number of hydrogen-bond acceptors (Lipinski definition) is 3. The SMILES string of the molecule is Cc1cc(NC(=O)CN(C)Cc2cccs2)ccc1Br. The fourth-order valence-electron chi connectivity index (χ4n) is 1.89. The van der Waals surface area contributed by atoms with E-state index in [1.54, 1.807) is 11.3 Å². The highest BCUT2D eigenvalue weighted by molar-refractivity contribution is 9.10. The number of anilines is 1. The van der Waals surface area contributed by atoms with Crippen LogP contribution in [0.15, 0.2) is 40.2 Å². The molecule has 2 aromatic rings. The summed E-state index contributed by atoms with van der Waals surface area (Å²) in [5.74, 6) is 0.00535. The molecule has 106 valence electrons. The summed E-state index contributed by atoms with van der Waals surface area (Å²) in [4.78, 5) is 15.3. The molecule has 1 heterocycles. The number of thiophene rings is 1. The van der Waals surface area contributed by atoms with Gasteiger partial charge in [-0.1, -0.05) is 22.0 Å². The van der Waals surface area contributed by atoms with Gasteiger partial charge in [0.05, 0.1) is 6.54 Å². The van der Waals surface area contributed by atoms with Crippen molar-refractivity contribution in [2.75, 3.05) is 18.9 Å². The van der Waals surface area contributed by atoms with Gasteiger partial charge in [-0.2, -0.15) is 0 Å². The maximum absolute atomic E-state index is 12.0. The van der Waals surface area contributed by atoms with Crippen LogP contribution in [-0.2, 0) is 11.3 Å². The van der Waals surface area contributed by atoms with Crippen molar-refractivity contribution in [2.24, 2.45) is 0 Å². The molecular formula is C15H17BrN2OS. The van der Waals surface area contributed by atoms with Gasteiger partial charge < -0.3 is 5.32 Å². The Balaban J connectivity index is 1.87. The monoisotopic (exact) mass is 352 g/mol. The number of benzene rings is 1. The van der Waals surface area contributed by atoms with E-state index in [-0.39, 0.29) is 5.91 Å². The van der Waals surface area contributed by atoms with E-state index in [9.17, 15) is 4.79 Å². The lowest BCUT2D eigenvalue weighted by atomic mass is 10.2. The van der Waals surface area contributed by atoms with Gasteiger partial charge in [0.25, 0.3) is 0 Å². The standard InChI is InChI=1S/C15H17BrN2OS/c1-11-8-12(5-6-14(11)16)17-15(19)10-18(2)9-13-4-3-7-20-13/h3-8H,9-10H2,1-2H3,(H,17,19). The van der Waals surface area contributed by atoms with Gasteiger partial charge in [-0.25, -0.2) is 0 Å². The van der Waals surface area contributed by atoms with Crippen LogP contribution in [0.4, 0.5) is 5.69 Å². The fraction of sp³-hybridized carbons (Fsp3) is 0.267. The topological polar surface area (TPSA) is 32.3 Å². The van der Waals surface area contributed by atoms with Crippen LogP contribution in [0.3, 0.4) is 0 Å². The minimum atomic E-state index is 0.00535. The van der Waals surface area contributed by atoms with E-state index in [1.165, 1.54) is 4.88 Å². The van der Waals surface area contributed by atoms with E-state index in [2.05, 4.69) is 27.3 Å². The van der Waals surface area contributed by atoms with Gasteiger partial charge in [0.15, 0.2) is 0 Å². The summed E-state index contributed by atoms with van der Waals surface area (Å²) in [6.07, 6.45) is 0. The quantitative estimate of drug-likeness (QED) is 0.885. The minimum Gasteiger partial charge on any atom is -0.325 e. The zero-order valence-corrected chi connectivity index (χ0v) is 13.9. The molecule has 0 saturated carbocycles. The van der Waals surface area contributed by atoms with Crippen molar-refractivity contribution < 1.29 is 4.79 Å². The number of hydrogen-bond donors (Lipinski definition) is 1. The maximum atomic E-state index is 12.0. The fourth-order valence-corrected chi connectivity index (χ4v) is 2.92. The van der Waals surface area contributed by atoms with E-state index in [0.717, 1.165) is 22.3 Å². The lowest BCUT2D eigenvalue weighted by Crippen LogP contribution is -2.29. The molecule has 1 aromatic heterocycles. The smallest absolute Gasteiger partial charge is 0.238 e. The molecule has 5 heteroatoms. The van der Waals surface area contributed by atoms with Gasteiger partial charge in [-0.05, 0) is 49.2 Å². The van der Waals surface area contributed by atoms with Gasteiger partial charge in [0.2, 0.25) is 5.91 Å². The van der Waals surface area contributed by atoms with Gasteiger partial charge in [0, 0.05) is 21.6 Å². The highest BCUT2D eigenvalue weighted by Gasteiger charge is 2.08. The van der Waals surface area contributed by atoms with Crippen LogP contribution < -0.4 is 5.32 Å². The van der Waals surface area contributed by atoms with Crippen molar-refractivity contribution in [3.8, 4) is 0 Å². The minimum absolute atomic E-state index is 0.00535. The summed E-state index contributed by atoms with van der Waals surface area (Å²) in [5, 5.41) is 4.97. The first-order valence-electron chi connectivity index (χ1n) is 6.31. The van der Waals surface area contributed by atoms with Crippen molar-refractivity contribution in [3.05, 3.63) is 50.6 Å². The lowest BCUT2D eigenvalue weighted by Gasteiger charge is -2.15. The molecule has 0 aliphatic rings. The number of carbonyl (C=O) groups excluding carboxylic acids is 1. The molecule has 1 amide bonds. The number of aryl methyl sites for hydroxylation is 1. The number of rotatable bonds is 5. The molecule has 0 aliphatic heterocycles. The largest absolute Gasteiger partial charge is 0.325 e. The van der Waals surface area contributed by atoms with Crippen LogP contribution in [0.25, 0.3) is 0 Å². The average molecular weight is 353 g/mol. The number of halogens is 1. The third-order valence-electron chi connectivity index (χ3n) is 2.86. The highest BCUT2D eigenvalue weighted by Crippen LogP contribution is 2.20. The van der Waals surface area contributed by atoms with Crippen LogP contribution in [0.2, 0.25) is 0 Å². The summed E-state index contributed by atoms with van der Waals surface area (Å²) in [7, 11) is 1.95. The number of carbonyl (C=O) groups is 1. The molecule has 20 heavy (non-hydrogen) atoms. The van der Waals surface area contributed by atoms with Crippen LogP contribution in [0.1, 0.15) is 10.4 Å². The van der Waals surface area contributed by atoms with Gasteiger partial charge in [-0.15, -0.1) is 11.3 Å². The first-order chi connectivity index (χ1) is 9.54. The zero-order valence-electron chi connectivity index (χ0n) is 11.5. The van der Waals surface area contributed by atoms with Gasteiger partial charge >= 0.3 is 0 Å². The van der Waals surface area contributed by atoms with E-state index in [0.29, 0.717) is 6.54 Å². The second kappa shape index (κ2) is 7.02. The number of likely N-dealkylation sites (N-methyl/N-ethyl adjacent to an activating group) is 1. The molecular weight excluding hydrogens is 336 g/mol. The summed E-state index contributed by atoms with van der Waals surface area (Å²) >= 11 is 5.16. The second-order valence-electron chi connectivity index (χ2n) is 4.76. The Bertz CT molecular complexity index is 584. The predicted octanol–water partition coefficient (Wildman–Crippen LogP) is 3.89. The number of amides is 1. The Kier molecular flexibility index (Phi) is 5.34. The summed E-state index contributed by atoms with van der Waals surface area (Å²) < 4.78 is 1.05. The van der Waals surface area contributed by atoms with Crippen LogP contribution in [-0.4, -0.2) is 24.4 Å². The molecule has 0 saturated heterocycles. The zero-order chi connectivity index (χ0) is 14.5. The third kappa shape index (κ3) is 4.44. The number of nitrogens with zero attached hydrogens (tertiary/aromatic N) is 1. The Labute approximate surface area is 131 Å². The van der Waals surface area contributed by atoms with Gasteiger partial charge in [-0.3, -0.25) is 9.69 Å². The van der Waals surface area contributed by atoms with Crippen molar-refractivity contribution >= 4 is 38.9 Å². The Hall–Kier alpha value is -1.17. The summed E-state index contributed by atoms with van der Waals surface area (Å²) in [6, 6.07) is 9.91. The van der Waals surface area contributed by atoms with Crippen LogP contribution in [0.5, 0.6) is 0 Å². The highest BCUT2D eigenvalue weighted by atomic mass is 79.9. The Morgan fingerprint density at radius 3 is 2.85 bits per heavy atom. The lowest BCUT2D eigenvalue weighted by molar-refractivity contribution is -0.117. The molecule has 1 aromatic carbocycles. The van der Waals surface area contributed by atoms with E-state index in [1.807, 2.05) is 48.5 Å². The molecule has 0 unspecified atom stereocenters. The van der Waals surface area contributed by atoms with Crippen molar-refractivity contribution in [1.29, 1.82) is 0 Å². The molecule has 0 aliphatic carbocycles. The van der Waals surface area contributed by atoms with Gasteiger partial charge in [0.1, 0.15) is 0 Å². The molecule has 3 nitrogen and oxygen atoms in total. The molecule has 0 radical (unpaired) electrons. The molecule has 0 spiro atoms. The Morgan fingerprint density at radius 2 is 2.20 bits per heavy atom. The van der Waals surface area contributed by atoms with E-state index < -0.39 is 0 Å². The molecule has 1 N–H and O–H groups in total. The van der Waals surface area contributed by atoms with Crippen molar-refractivity contribution in [2.45, 2.75) is 13.5 Å². The molecule has 0 fully saturated rings. The molecule has 0 bridgehead atoms. The molecule has 2 rings (SSSR count). The average Bonchev–Trinajstić information content (AvgIpc) is 2.86. The Morgan fingerprint density at radius 1 is 1.40 bits per heavy atom. The van der Waals surface area contributed by atoms with Crippen LogP contribution in [0, 0.1) is 6.92 Å². The third-order valence-corrected chi connectivity index (χ3v) is 4.61.